The lowest BCUT2D eigenvalue weighted by Crippen LogP contribution is -3.06. The molecule has 6 nitrogen and oxygen atoms in total. The van der Waals surface area contributed by atoms with Crippen LogP contribution >= 0.6 is 0 Å². The van der Waals surface area contributed by atoms with Crippen LogP contribution in [0.25, 0.3) is 0 Å². The Morgan fingerprint density at radius 2 is 1.58 bits per heavy atom. The van der Waals surface area contributed by atoms with Crippen LogP contribution in [0.2, 0.25) is 0 Å². The molecule has 0 atom stereocenters. The highest BCUT2D eigenvalue weighted by atomic mass is 32.2. The summed E-state index contributed by atoms with van der Waals surface area (Å²) in [5.74, 6) is 0.906. The Kier molecular flexibility index (Phi) is 5.18. The summed E-state index contributed by atoms with van der Waals surface area (Å²) in [6, 6.07) is 4.54. The van der Waals surface area contributed by atoms with E-state index in [0.29, 0.717) is 11.5 Å². The number of hydrogen-bond acceptors (Lipinski definition) is 4. The van der Waals surface area contributed by atoms with Gasteiger partial charge < -0.3 is 14.8 Å². The molecule has 1 saturated heterocycles. The fourth-order valence-electron chi connectivity index (χ4n) is 3.87. The van der Waals surface area contributed by atoms with Crippen molar-refractivity contribution in [1.82, 2.24) is 4.72 Å². The first-order valence-corrected chi connectivity index (χ1v) is 9.58. The molecule has 0 aromatic heterocycles. The summed E-state index contributed by atoms with van der Waals surface area (Å²) in [5, 5.41) is 2.32. The largest absolute Gasteiger partial charge is 0.493 e. The van der Waals surface area contributed by atoms with Crippen LogP contribution < -0.4 is 19.5 Å². The number of rotatable bonds is 5. The molecule has 1 aliphatic rings. The number of ether oxygens (including phenoxy) is 2. The summed E-state index contributed by atoms with van der Waals surface area (Å²) in [5.41, 5.74) is -0.0148. The SMILES string of the molecule is COc1ccc(S(=O)(=O)NC2CC(C)(C)[NH2+]C(C)(C)C2)cc1OC. The van der Waals surface area contributed by atoms with Crippen molar-refractivity contribution in [2.45, 2.75) is 62.6 Å². The number of benzene rings is 1. The van der Waals surface area contributed by atoms with Gasteiger partial charge in [-0.1, -0.05) is 0 Å². The zero-order valence-corrected chi connectivity index (χ0v) is 16.2. The average Bonchev–Trinajstić information content (AvgIpc) is 2.42. The van der Waals surface area contributed by atoms with E-state index in [1.807, 2.05) is 0 Å². The monoisotopic (exact) mass is 357 g/mol. The van der Waals surface area contributed by atoms with Crippen LogP contribution in [0.15, 0.2) is 23.1 Å². The molecule has 0 radical (unpaired) electrons. The lowest BCUT2D eigenvalue weighted by Gasteiger charge is -2.43. The molecule has 1 heterocycles. The minimum Gasteiger partial charge on any atom is -0.493 e. The summed E-state index contributed by atoms with van der Waals surface area (Å²) in [6.45, 7) is 8.58. The molecule has 0 amide bonds. The van der Waals surface area contributed by atoms with Gasteiger partial charge in [0.25, 0.3) is 0 Å². The minimum atomic E-state index is -3.62. The third-order valence-corrected chi connectivity index (χ3v) is 5.83. The lowest BCUT2D eigenvalue weighted by molar-refractivity contribution is -0.787. The molecule has 1 fully saturated rings. The summed E-state index contributed by atoms with van der Waals surface area (Å²) in [4.78, 5) is 0.185. The number of nitrogens with one attached hydrogen (secondary N) is 1. The third kappa shape index (κ3) is 4.40. The molecule has 7 heteroatoms. The standard InChI is InChI=1S/C17H28N2O4S/c1-16(2)10-12(11-17(3,4)19-16)18-24(20,21)13-7-8-14(22-5)15(9-13)23-6/h7-9,12,18-19H,10-11H2,1-6H3/p+1. The lowest BCUT2D eigenvalue weighted by atomic mass is 9.80. The van der Waals surface area contributed by atoms with Crippen LogP contribution in [0.4, 0.5) is 0 Å². The zero-order chi connectivity index (χ0) is 18.2. The van der Waals surface area contributed by atoms with Gasteiger partial charge in [0.2, 0.25) is 10.0 Å². The smallest absolute Gasteiger partial charge is 0.240 e. The van der Waals surface area contributed by atoms with Gasteiger partial charge in [0.15, 0.2) is 11.5 Å². The minimum absolute atomic E-state index is 0.00741. The van der Waals surface area contributed by atoms with Crippen LogP contribution in [0.5, 0.6) is 11.5 Å². The van der Waals surface area contributed by atoms with E-state index >= 15 is 0 Å². The fourth-order valence-corrected chi connectivity index (χ4v) is 5.12. The number of piperidine rings is 1. The molecule has 0 aliphatic carbocycles. The Morgan fingerprint density at radius 1 is 1.04 bits per heavy atom. The van der Waals surface area contributed by atoms with E-state index in [-0.39, 0.29) is 22.0 Å². The maximum Gasteiger partial charge on any atom is 0.240 e. The number of hydrogen-bond donors (Lipinski definition) is 2. The molecule has 3 N–H and O–H groups in total. The van der Waals surface area contributed by atoms with E-state index < -0.39 is 10.0 Å². The first-order chi connectivity index (χ1) is 11.0. The molecule has 0 saturated carbocycles. The van der Waals surface area contributed by atoms with E-state index in [1.54, 1.807) is 6.07 Å². The maximum absolute atomic E-state index is 12.8. The molecule has 1 aromatic carbocycles. The Labute approximate surface area is 145 Å². The van der Waals surface area contributed by atoms with E-state index in [1.165, 1.54) is 26.4 Å². The van der Waals surface area contributed by atoms with Crippen molar-refractivity contribution in [1.29, 1.82) is 0 Å². The predicted octanol–water partition coefficient (Wildman–Crippen LogP) is 1.27. The number of sulfonamides is 1. The second-order valence-corrected chi connectivity index (χ2v) is 9.58. The Morgan fingerprint density at radius 3 is 2.08 bits per heavy atom. The summed E-state index contributed by atoms with van der Waals surface area (Å²) < 4.78 is 38.8. The highest BCUT2D eigenvalue weighted by Crippen LogP contribution is 2.30. The first-order valence-electron chi connectivity index (χ1n) is 8.09. The maximum atomic E-state index is 12.8. The van der Waals surface area contributed by atoms with Crippen molar-refractivity contribution in [3.63, 3.8) is 0 Å². The van der Waals surface area contributed by atoms with Gasteiger partial charge in [0.1, 0.15) is 0 Å². The molecule has 136 valence electrons. The molecular weight excluding hydrogens is 328 g/mol. The number of nitrogens with two attached hydrogens (primary N) is 1. The van der Waals surface area contributed by atoms with E-state index in [4.69, 9.17) is 9.47 Å². The third-order valence-electron chi connectivity index (χ3n) is 4.31. The molecule has 2 rings (SSSR count). The number of methoxy groups -OCH3 is 2. The van der Waals surface area contributed by atoms with Crippen molar-refractivity contribution in [3.8, 4) is 11.5 Å². The summed E-state index contributed by atoms with van der Waals surface area (Å²) >= 11 is 0. The van der Waals surface area contributed by atoms with E-state index in [9.17, 15) is 8.42 Å². The van der Waals surface area contributed by atoms with Crippen LogP contribution in [0, 0.1) is 0 Å². The summed E-state index contributed by atoms with van der Waals surface area (Å²) in [7, 11) is -0.607. The fraction of sp³-hybridized carbons (Fsp3) is 0.647. The van der Waals surface area contributed by atoms with Gasteiger partial charge in [-0.05, 0) is 39.8 Å². The van der Waals surface area contributed by atoms with Crippen LogP contribution in [0.3, 0.4) is 0 Å². The molecule has 24 heavy (non-hydrogen) atoms. The average molecular weight is 357 g/mol. The molecule has 0 bridgehead atoms. The molecule has 0 unspecified atom stereocenters. The quantitative estimate of drug-likeness (QED) is 0.831. The van der Waals surface area contributed by atoms with Crippen molar-refractivity contribution < 1.29 is 23.2 Å². The Balaban J connectivity index is 2.25. The molecule has 1 aliphatic heterocycles. The van der Waals surface area contributed by atoms with Gasteiger partial charge >= 0.3 is 0 Å². The van der Waals surface area contributed by atoms with Crippen LogP contribution in [0.1, 0.15) is 40.5 Å². The summed E-state index contributed by atoms with van der Waals surface area (Å²) in [6.07, 6.45) is 1.56. The second kappa shape index (κ2) is 6.54. The molecule has 0 spiro atoms. The van der Waals surface area contributed by atoms with Crippen molar-refractivity contribution in [3.05, 3.63) is 18.2 Å². The van der Waals surface area contributed by atoms with Gasteiger partial charge in [0.05, 0.1) is 30.2 Å². The van der Waals surface area contributed by atoms with Crippen molar-refractivity contribution in [2.75, 3.05) is 14.2 Å². The second-order valence-electron chi connectivity index (χ2n) is 7.86. The first kappa shape index (κ1) is 19.0. The highest BCUT2D eigenvalue weighted by molar-refractivity contribution is 7.89. The van der Waals surface area contributed by atoms with Crippen molar-refractivity contribution >= 4 is 10.0 Å². The van der Waals surface area contributed by atoms with Gasteiger partial charge in [-0.15, -0.1) is 0 Å². The number of quaternary nitrogens is 1. The zero-order valence-electron chi connectivity index (χ0n) is 15.3. The Hall–Kier alpha value is -1.31. The topological polar surface area (TPSA) is 81.2 Å². The van der Waals surface area contributed by atoms with Gasteiger partial charge in [-0.3, -0.25) is 0 Å². The van der Waals surface area contributed by atoms with Crippen LogP contribution in [-0.4, -0.2) is 39.8 Å². The molecular formula is C17H29N2O4S+. The van der Waals surface area contributed by atoms with E-state index in [2.05, 4.69) is 37.7 Å². The Bertz CT molecular complexity index is 683. The van der Waals surface area contributed by atoms with Crippen molar-refractivity contribution in [2.24, 2.45) is 0 Å². The van der Waals surface area contributed by atoms with Crippen LogP contribution in [-0.2, 0) is 10.0 Å². The van der Waals surface area contributed by atoms with Gasteiger partial charge in [0, 0.05) is 24.9 Å². The van der Waals surface area contributed by atoms with E-state index in [0.717, 1.165) is 12.8 Å². The normalized spacial score (nSPS) is 20.6. The van der Waals surface area contributed by atoms with Gasteiger partial charge in [-0.25, -0.2) is 13.1 Å². The highest BCUT2D eigenvalue weighted by Gasteiger charge is 2.42. The van der Waals surface area contributed by atoms with Gasteiger partial charge in [-0.2, -0.15) is 0 Å². The predicted molar refractivity (Wildman–Crippen MR) is 93.0 cm³/mol. The molecule has 1 aromatic rings.